The molecule has 0 spiro atoms. The molecule has 0 amide bonds. The van der Waals surface area contributed by atoms with Gasteiger partial charge in [-0.25, -0.2) is 9.59 Å². The Labute approximate surface area is 181 Å². The fraction of sp³-hybridized carbons (Fsp3) is 0.304. The van der Waals surface area contributed by atoms with Crippen LogP contribution in [0, 0.1) is 25.2 Å². The molecule has 0 bridgehead atoms. The largest absolute Gasteiger partial charge is 0.465 e. The second-order valence-corrected chi connectivity index (χ2v) is 7.18. The predicted octanol–water partition coefficient (Wildman–Crippen LogP) is 3.21. The molecule has 1 N–H and O–H groups in total. The lowest BCUT2D eigenvalue weighted by atomic mass is 10.1. The highest BCUT2D eigenvalue weighted by Gasteiger charge is 2.28. The highest BCUT2D eigenvalue weighted by atomic mass is 16.5. The first-order valence-corrected chi connectivity index (χ1v) is 9.52. The molecule has 0 saturated carbocycles. The third-order valence-corrected chi connectivity index (χ3v) is 4.79. The smallest absolute Gasteiger partial charge is 0.349 e. The van der Waals surface area contributed by atoms with E-state index in [9.17, 15) is 19.6 Å². The summed E-state index contributed by atoms with van der Waals surface area (Å²) in [5, 5.41) is 9.37. The Morgan fingerprint density at radius 3 is 2.29 bits per heavy atom. The Hall–Kier alpha value is -3.86. The molecule has 0 unspecified atom stereocenters. The van der Waals surface area contributed by atoms with Crippen molar-refractivity contribution in [1.82, 2.24) is 4.98 Å². The van der Waals surface area contributed by atoms with Crippen LogP contribution in [0.15, 0.2) is 29.8 Å². The second-order valence-electron chi connectivity index (χ2n) is 7.18. The van der Waals surface area contributed by atoms with Gasteiger partial charge in [-0.15, -0.1) is 0 Å². The van der Waals surface area contributed by atoms with Gasteiger partial charge in [0.15, 0.2) is 6.10 Å². The summed E-state index contributed by atoms with van der Waals surface area (Å²) in [7, 11) is 5.07. The molecule has 2 aromatic rings. The van der Waals surface area contributed by atoms with Gasteiger partial charge in [0.25, 0.3) is 0 Å². The maximum Gasteiger partial charge on any atom is 0.349 e. The number of ether oxygens (including phenoxy) is 2. The van der Waals surface area contributed by atoms with Gasteiger partial charge in [0.1, 0.15) is 11.6 Å². The highest BCUT2D eigenvalue weighted by Crippen LogP contribution is 2.21. The molecule has 0 saturated heterocycles. The first kappa shape index (κ1) is 23.4. The molecule has 0 fully saturated rings. The number of carbonyl (C=O) groups excluding carboxylic acids is 3. The summed E-state index contributed by atoms with van der Waals surface area (Å²) in [4.78, 5) is 41.9. The number of anilines is 1. The van der Waals surface area contributed by atoms with E-state index in [4.69, 9.17) is 9.47 Å². The van der Waals surface area contributed by atoms with E-state index in [2.05, 4.69) is 4.98 Å². The van der Waals surface area contributed by atoms with Crippen molar-refractivity contribution in [2.24, 2.45) is 0 Å². The van der Waals surface area contributed by atoms with Crippen molar-refractivity contribution in [3.05, 3.63) is 57.9 Å². The zero-order valence-electron chi connectivity index (χ0n) is 18.4. The van der Waals surface area contributed by atoms with Crippen LogP contribution in [0.4, 0.5) is 5.69 Å². The van der Waals surface area contributed by atoms with Gasteiger partial charge in [0, 0.05) is 25.5 Å². The summed E-state index contributed by atoms with van der Waals surface area (Å²) in [5.41, 5.74) is 2.70. The van der Waals surface area contributed by atoms with Crippen LogP contribution in [0.3, 0.4) is 0 Å². The molecule has 8 nitrogen and oxygen atoms in total. The number of esters is 2. The SMILES string of the molecule is COC(=O)c1c(C)[nH]c(C(=O)[C@@H](C)OC(=O)/C(C#N)=C/c2ccc(N(C)C)cc2)c1C. The molecular formula is C23H25N3O5. The van der Waals surface area contributed by atoms with Crippen LogP contribution >= 0.6 is 0 Å². The number of nitrogens with one attached hydrogen (secondary N) is 1. The lowest BCUT2D eigenvalue weighted by Gasteiger charge is -2.13. The number of hydrogen-bond donors (Lipinski definition) is 1. The highest BCUT2D eigenvalue weighted by molar-refractivity contribution is 6.05. The Balaban J connectivity index is 2.19. The van der Waals surface area contributed by atoms with E-state index in [0.717, 1.165) is 5.69 Å². The third kappa shape index (κ3) is 5.20. The summed E-state index contributed by atoms with van der Waals surface area (Å²) >= 11 is 0. The van der Waals surface area contributed by atoms with E-state index in [-0.39, 0.29) is 16.8 Å². The molecule has 1 atom stereocenters. The van der Waals surface area contributed by atoms with E-state index in [1.54, 1.807) is 26.0 Å². The van der Waals surface area contributed by atoms with Crippen molar-refractivity contribution in [2.45, 2.75) is 26.9 Å². The van der Waals surface area contributed by atoms with E-state index < -0.39 is 23.8 Å². The molecule has 0 aliphatic rings. The van der Waals surface area contributed by atoms with Crippen LogP contribution in [-0.4, -0.2) is 50.0 Å². The number of carbonyl (C=O) groups is 3. The minimum Gasteiger partial charge on any atom is -0.465 e. The molecule has 31 heavy (non-hydrogen) atoms. The first-order valence-electron chi connectivity index (χ1n) is 9.52. The van der Waals surface area contributed by atoms with Gasteiger partial charge < -0.3 is 19.4 Å². The zero-order valence-corrected chi connectivity index (χ0v) is 18.4. The zero-order chi connectivity index (χ0) is 23.3. The average Bonchev–Trinajstić information content (AvgIpc) is 3.04. The maximum absolute atomic E-state index is 12.8. The van der Waals surface area contributed by atoms with Gasteiger partial charge in [-0.3, -0.25) is 4.79 Å². The lowest BCUT2D eigenvalue weighted by molar-refractivity contribution is -0.141. The third-order valence-electron chi connectivity index (χ3n) is 4.79. The molecule has 1 aromatic heterocycles. The van der Waals surface area contributed by atoms with E-state index in [1.165, 1.54) is 20.1 Å². The minimum atomic E-state index is -1.16. The number of aryl methyl sites for hydroxylation is 1. The van der Waals surface area contributed by atoms with Crippen molar-refractivity contribution in [1.29, 1.82) is 5.26 Å². The monoisotopic (exact) mass is 423 g/mol. The summed E-state index contributed by atoms with van der Waals surface area (Å²) in [5.74, 6) is -1.99. The van der Waals surface area contributed by atoms with Crippen molar-refractivity contribution in [3.63, 3.8) is 0 Å². The molecule has 2 rings (SSSR count). The van der Waals surface area contributed by atoms with Gasteiger partial charge in [-0.05, 0) is 50.1 Å². The van der Waals surface area contributed by atoms with Gasteiger partial charge in [-0.1, -0.05) is 12.1 Å². The van der Waals surface area contributed by atoms with Crippen LogP contribution in [0.2, 0.25) is 0 Å². The van der Waals surface area contributed by atoms with Gasteiger partial charge in [-0.2, -0.15) is 5.26 Å². The minimum absolute atomic E-state index is 0.153. The van der Waals surface area contributed by atoms with Crippen LogP contribution in [0.25, 0.3) is 6.08 Å². The molecule has 162 valence electrons. The van der Waals surface area contributed by atoms with Crippen molar-refractivity contribution in [2.75, 3.05) is 26.1 Å². The maximum atomic E-state index is 12.8. The molecular weight excluding hydrogens is 398 g/mol. The molecule has 0 radical (unpaired) electrons. The van der Waals surface area contributed by atoms with Crippen molar-refractivity contribution < 1.29 is 23.9 Å². The van der Waals surface area contributed by atoms with E-state index in [0.29, 0.717) is 16.8 Å². The van der Waals surface area contributed by atoms with Gasteiger partial charge >= 0.3 is 11.9 Å². The van der Waals surface area contributed by atoms with Crippen LogP contribution in [0.5, 0.6) is 0 Å². The number of ketones is 1. The molecule has 1 aromatic carbocycles. The Kier molecular flexibility index (Phi) is 7.37. The fourth-order valence-corrected chi connectivity index (χ4v) is 3.06. The molecule has 0 aliphatic heterocycles. The molecule has 1 heterocycles. The fourth-order valence-electron chi connectivity index (χ4n) is 3.06. The van der Waals surface area contributed by atoms with E-state index in [1.807, 2.05) is 37.2 Å². The number of benzene rings is 1. The molecule has 8 heteroatoms. The van der Waals surface area contributed by atoms with Crippen LogP contribution < -0.4 is 4.90 Å². The second kappa shape index (κ2) is 9.76. The first-order chi connectivity index (χ1) is 14.6. The number of rotatable bonds is 7. The van der Waals surface area contributed by atoms with Gasteiger partial charge in [0.05, 0.1) is 18.4 Å². The normalized spacial score (nSPS) is 12.0. The number of nitriles is 1. The number of methoxy groups -OCH3 is 1. The number of hydrogen-bond acceptors (Lipinski definition) is 7. The Morgan fingerprint density at radius 2 is 1.77 bits per heavy atom. The summed E-state index contributed by atoms with van der Waals surface area (Å²) < 4.78 is 9.96. The topological polar surface area (TPSA) is 112 Å². The lowest BCUT2D eigenvalue weighted by Crippen LogP contribution is -2.26. The quantitative estimate of drug-likeness (QED) is 0.315. The number of Topliss-reactive ketones (excluding diaryl/α,β-unsaturated/α-hetero) is 1. The summed E-state index contributed by atoms with van der Waals surface area (Å²) in [6.45, 7) is 4.66. The van der Waals surface area contributed by atoms with Crippen molar-refractivity contribution in [3.8, 4) is 6.07 Å². The van der Waals surface area contributed by atoms with Crippen LogP contribution in [-0.2, 0) is 14.3 Å². The number of H-pyrrole nitrogens is 1. The average molecular weight is 423 g/mol. The predicted molar refractivity (Wildman–Crippen MR) is 116 cm³/mol. The molecule has 0 aliphatic carbocycles. The van der Waals surface area contributed by atoms with Crippen LogP contribution in [0.1, 0.15) is 44.6 Å². The Morgan fingerprint density at radius 1 is 1.16 bits per heavy atom. The van der Waals surface area contributed by atoms with Gasteiger partial charge in [0.2, 0.25) is 5.78 Å². The summed E-state index contributed by atoms with van der Waals surface area (Å²) in [6, 6.07) is 9.07. The standard InChI is InChI=1S/C23H25N3O5/c1-13-19(23(29)30-6)14(2)25-20(13)21(27)15(3)31-22(28)17(12-24)11-16-7-9-18(10-8-16)26(4)5/h7-11,15,25H,1-6H3/b17-11+/t15-/m1/s1. The summed E-state index contributed by atoms with van der Waals surface area (Å²) in [6.07, 6.45) is 0.237. The Bertz CT molecular complexity index is 1070. The number of aromatic amines is 1. The number of nitrogens with zero attached hydrogens (tertiary/aromatic N) is 2. The number of aromatic nitrogens is 1. The van der Waals surface area contributed by atoms with E-state index >= 15 is 0 Å². The van der Waals surface area contributed by atoms with Crippen molar-refractivity contribution >= 4 is 29.5 Å².